The van der Waals surface area contributed by atoms with E-state index in [0.717, 1.165) is 6.61 Å². The largest absolute Gasteiger partial charge is 0.380 e. The molecule has 0 spiro atoms. The lowest BCUT2D eigenvalue weighted by atomic mass is 9.95. The Morgan fingerprint density at radius 2 is 2.33 bits per heavy atom. The molecule has 0 radical (unpaired) electrons. The predicted octanol–water partition coefficient (Wildman–Crippen LogP) is 2.94. The topological polar surface area (TPSA) is 9.23 Å². The van der Waals surface area contributed by atoms with Gasteiger partial charge >= 0.3 is 0 Å². The third-order valence-electron chi connectivity index (χ3n) is 2.67. The van der Waals surface area contributed by atoms with E-state index in [1.165, 1.54) is 29.6 Å². The van der Waals surface area contributed by atoms with Gasteiger partial charge in [0.05, 0.1) is 6.61 Å². The summed E-state index contributed by atoms with van der Waals surface area (Å²) >= 11 is 0. The van der Waals surface area contributed by atoms with E-state index in [4.69, 9.17) is 4.74 Å². The number of methoxy groups -OCH3 is 1. The van der Waals surface area contributed by atoms with Crippen molar-refractivity contribution in [2.75, 3.05) is 13.7 Å². The Kier molecular flexibility index (Phi) is 3.10. The van der Waals surface area contributed by atoms with Crippen molar-refractivity contribution in [1.29, 1.82) is 0 Å². The van der Waals surface area contributed by atoms with Gasteiger partial charge < -0.3 is 4.74 Å². The average molecular weight is 166 g/mol. The zero-order chi connectivity index (χ0) is 9.14. The molecule has 0 N–H and O–H groups in total. The molecule has 12 heavy (non-hydrogen) atoms. The van der Waals surface area contributed by atoms with Crippen LogP contribution in [0.15, 0.2) is 23.3 Å². The third kappa shape index (κ3) is 1.78. The zero-order valence-electron chi connectivity index (χ0n) is 8.31. The molecule has 1 heteroatoms. The first-order chi connectivity index (χ1) is 5.66. The van der Waals surface area contributed by atoms with Crippen molar-refractivity contribution < 1.29 is 4.74 Å². The second-order valence-corrected chi connectivity index (χ2v) is 3.68. The molecule has 0 bridgehead atoms. The second-order valence-electron chi connectivity index (χ2n) is 3.68. The minimum Gasteiger partial charge on any atom is -0.380 e. The van der Waals surface area contributed by atoms with Crippen molar-refractivity contribution in [3.63, 3.8) is 0 Å². The molecule has 1 nitrogen and oxygen atoms in total. The maximum atomic E-state index is 5.18. The van der Waals surface area contributed by atoms with E-state index in [2.05, 4.69) is 20.4 Å². The highest BCUT2D eigenvalue weighted by molar-refractivity contribution is 5.28. The molecule has 1 unspecified atom stereocenters. The van der Waals surface area contributed by atoms with Crippen LogP contribution in [0.2, 0.25) is 0 Å². The summed E-state index contributed by atoms with van der Waals surface area (Å²) in [6.45, 7) is 9.11. The van der Waals surface area contributed by atoms with Gasteiger partial charge in [-0.1, -0.05) is 17.7 Å². The van der Waals surface area contributed by atoms with Gasteiger partial charge in [-0.15, -0.1) is 0 Å². The molecule has 0 heterocycles. The predicted molar refractivity (Wildman–Crippen MR) is 52.1 cm³/mol. The maximum Gasteiger partial charge on any atom is 0.0681 e. The molecule has 1 aliphatic rings. The van der Waals surface area contributed by atoms with E-state index >= 15 is 0 Å². The van der Waals surface area contributed by atoms with E-state index < -0.39 is 0 Å². The van der Waals surface area contributed by atoms with Crippen LogP contribution in [0.4, 0.5) is 0 Å². The summed E-state index contributed by atoms with van der Waals surface area (Å²) in [6.07, 6.45) is 2.45. The third-order valence-corrected chi connectivity index (χ3v) is 2.67. The lowest BCUT2D eigenvalue weighted by molar-refractivity contribution is 0.219. The van der Waals surface area contributed by atoms with Crippen molar-refractivity contribution in [3.05, 3.63) is 23.3 Å². The SMILES string of the molecule is C=C(C)C1CCC(C)=C1COC. The quantitative estimate of drug-likeness (QED) is 0.586. The molecule has 0 aromatic rings. The average Bonchev–Trinajstić information content (AvgIpc) is 2.34. The summed E-state index contributed by atoms with van der Waals surface area (Å²) in [5.74, 6) is 0.588. The van der Waals surface area contributed by atoms with Crippen LogP contribution in [-0.4, -0.2) is 13.7 Å². The molecule has 0 amide bonds. The van der Waals surface area contributed by atoms with Crippen LogP contribution < -0.4 is 0 Å². The van der Waals surface area contributed by atoms with Crippen LogP contribution in [0.1, 0.15) is 26.7 Å². The molecule has 0 aromatic heterocycles. The molecule has 0 fully saturated rings. The molecule has 1 rings (SSSR count). The fourth-order valence-electron chi connectivity index (χ4n) is 1.92. The molecular formula is C11H18O. The Bertz CT molecular complexity index is 213. The van der Waals surface area contributed by atoms with Gasteiger partial charge in [0.1, 0.15) is 0 Å². The molecule has 0 aromatic carbocycles. The van der Waals surface area contributed by atoms with Gasteiger partial charge in [-0.2, -0.15) is 0 Å². The van der Waals surface area contributed by atoms with E-state index in [9.17, 15) is 0 Å². The van der Waals surface area contributed by atoms with Crippen molar-refractivity contribution in [3.8, 4) is 0 Å². The van der Waals surface area contributed by atoms with Crippen molar-refractivity contribution in [2.45, 2.75) is 26.7 Å². The summed E-state index contributed by atoms with van der Waals surface area (Å²) in [5.41, 5.74) is 4.24. The Morgan fingerprint density at radius 3 is 2.83 bits per heavy atom. The molecule has 1 aliphatic carbocycles. The number of ether oxygens (including phenoxy) is 1. The smallest absolute Gasteiger partial charge is 0.0681 e. The number of hydrogen-bond donors (Lipinski definition) is 0. The van der Waals surface area contributed by atoms with Gasteiger partial charge in [0.15, 0.2) is 0 Å². The molecule has 0 saturated carbocycles. The van der Waals surface area contributed by atoms with Crippen LogP contribution in [0.3, 0.4) is 0 Å². The van der Waals surface area contributed by atoms with Gasteiger partial charge in [-0.05, 0) is 32.3 Å². The Balaban J connectivity index is 2.74. The summed E-state index contributed by atoms with van der Waals surface area (Å²) in [5, 5.41) is 0. The fourth-order valence-corrected chi connectivity index (χ4v) is 1.92. The van der Waals surface area contributed by atoms with Gasteiger partial charge in [0.25, 0.3) is 0 Å². The number of allylic oxidation sites excluding steroid dienone is 2. The minimum atomic E-state index is 0.588. The van der Waals surface area contributed by atoms with E-state index in [1.807, 2.05) is 0 Å². The normalized spacial score (nSPS) is 23.4. The summed E-state index contributed by atoms with van der Waals surface area (Å²) in [7, 11) is 1.76. The van der Waals surface area contributed by atoms with Crippen LogP contribution in [-0.2, 0) is 4.74 Å². The molecule has 1 atom stereocenters. The number of hydrogen-bond acceptors (Lipinski definition) is 1. The van der Waals surface area contributed by atoms with Gasteiger partial charge in [-0.25, -0.2) is 0 Å². The minimum absolute atomic E-state index is 0.588. The maximum absolute atomic E-state index is 5.18. The Labute approximate surface area is 75.1 Å². The highest BCUT2D eigenvalue weighted by Crippen LogP contribution is 2.35. The summed E-state index contributed by atoms with van der Waals surface area (Å²) in [4.78, 5) is 0. The molecule has 0 aliphatic heterocycles. The Hall–Kier alpha value is -0.560. The molecule has 68 valence electrons. The van der Waals surface area contributed by atoms with Gasteiger partial charge in [0, 0.05) is 13.0 Å². The van der Waals surface area contributed by atoms with Crippen molar-refractivity contribution in [1.82, 2.24) is 0 Å². The zero-order valence-corrected chi connectivity index (χ0v) is 8.31. The van der Waals surface area contributed by atoms with Crippen LogP contribution in [0.25, 0.3) is 0 Å². The summed E-state index contributed by atoms with van der Waals surface area (Å²) in [6, 6.07) is 0. The summed E-state index contributed by atoms with van der Waals surface area (Å²) < 4.78 is 5.18. The Morgan fingerprint density at radius 1 is 1.67 bits per heavy atom. The van der Waals surface area contributed by atoms with Crippen LogP contribution in [0.5, 0.6) is 0 Å². The second kappa shape index (κ2) is 3.90. The van der Waals surface area contributed by atoms with E-state index in [1.54, 1.807) is 7.11 Å². The fraction of sp³-hybridized carbons (Fsp3) is 0.636. The standard InChI is InChI=1S/C11H18O/c1-8(2)10-6-5-9(3)11(10)7-12-4/h10H,1,5-7H2,2-4H3. The molecule has 0 saturated heterocycles. The first-order valence-electron chi connectivity index (χ1n) is 4.49. The van der Waals surface area contributed by atoms with E-state index in [0.29, 0.717) is 5.92 Å². The van der Waals surface area contributed by atoms with Gasteiger partial charge in [-0.3, -0.25) is 0 Å². The highest BCUT2D eigenvalue weighted by atomic mass is 16.5. The monoisotopic (exact) mass is 166 g/mol. The van der Waals surface area contributed by atoms with Crippen molar-refractivity contribution in [2.24, 2.45) is 5.92 Å². The first-order valence-corrected chi connectivity index (χ1v) is 4.49. The lowest BCUT2D eigenvalue weighted by Crippen LogP contribution is -2.05. The lowest BCUT2D eigenvalue weighted by Gasteiger charge is -2.14. The first kappa shape index (κ1) is 9.53. The molecular weight excluding hydrogens is 148 g/mol. The highest BCUT2D eigenvalue weighted by Gasteiger charge is 2.22. The van der Waals surface area contributed by atoms with Crippen LogP contribution in [0, 0.1) is 5.92 Å². The van der Waals surface area contributed by atoms with Crippen molar-refractivity contribution >= 4 is 0 Å². The van der Waals surface area contributed by atoms with Crippen LogP contribution >= 0.6 is 0 Å². The number of rotatable bonds is 3. The van der Waals surface area contributed by atoms with Gasteiger partial charge in [0.2, 0.25) is 0 Å². The van der Waals surface area contributed by atoms with E-state index in [-0.39, 0.29) is 0 Å².